The molecule has 44 heteroatoms. The highest BCUT2D eigenvalue weighted by Gasteiger charge is 2.63. The number of carbonyl (C=O) groups excluding carboxylic acids is 4. The zero-order chi connectivity index (χ0) is 73.4. The Morgan fingerprint density at radius 3 is 1.36 bits per heavy atom. The topological polar surface area (TPSA) is 688 Å². The predicted molar refractivity (Wildman–Crippen MR) is 306 cm³/mol. The minimum atomic E-state index is -3.46. The summed E-state index contributed by atoms with van der Waals surface area (Å²) in [5, 5.41) is 241. The van der Waals surface area contributed by atoms with Gasteiger partial charge in [-0.05, 0) is 6.92 Å². The molecule has 99 heavy (non-hydrogen) atoms. The van der Waals surface area contributed by atoms with Crippen molar-refractivity contribution in [2.24, 2.45) is 0 Å². The molecule has 0 aliphatic carbocycles. The van der Waals surface area contributed by atoms with E-state index < -0.39 is 309 Å². The van der Waals surface area contributed by atoms with Crippen molar-refractivity contribution < 1.29 is 198 Å². The van der Waals surface area contributed by atoms with E-state index in [0.717, 1.165) is 20.8 Å². The first-order valence-electron chi connectivity index (χ1n) is 31.3. The summed E-state index contributed by atoms with van der Waals surface area (Å²) in [5.74, 6) is -8.53. The van der Waals surface area contributed by atoms with Gasteiger partial charge in [-0.1, -0.05) is 0 Å². The highest BCUT2D eigenvalue weighted by molar-refractivity contribution is 5.77. The molecule has 44 nitrogen and oxygen atoms in total. The zero-order valence-electron chi connectivity index (χ0n) is 53.4. The van der Waals surface area contributed by atoms with E-state index in [-0.39, 0.29) is 6.41 Å². The van der Waals surface area contributed by atoms with Crippen molar-refractivity contribution in [1.82, 2.24) is 21.3 Å². The van der Waals surface area contributed by atoms with Crippen molar-refractivity contribution in [3.05, 3.63) is 0 Å². The fourth-order valence-corrected chi connectivity index (χ4v) is 12.4. The lowest BCUT2D eigenvalue weighted by molar-refractivity contribution is -0.404. The zero-order valence-corrected chi connectivity index (χ0v) is 53.4. The van der Waals surface area contributed by atoms with E-state index in [1.807, 2.05) is 0 Å². The molecule has 7 saturated heterocycles. The average molecular weight is 1450 g/mol. The fraction of sp³-hybridized carbons (Fsp3) is 0.909. The van der Waals surface area contributed by atoms with Crippen LogP contribution in [0.2, 0.25) is 0 Å². The fourth-order valence-electron chi connectivity index (χ4n) is 12.4. The molecule has 0 aromatic heterocycles. The Bertz CT molecular complexity index is 2580. The van der Waals surface area contributed by atoms with Crippen LogP contribution < -0.4 is 21.3 Å². The molecule has 25 N–H and O–H groups in total. The summed E-state index contributed by atoms with van der Waals surface area (Å²) in [4.78, 5) is 63.4. The minimum absolute atomic E-state index is 0.220. The number of ether oxygens (including phenoxy) is 14. The Labute approximate surface area is 561 Å². The predicted octanol–water partition coefficient (Wildman–Crippen LogP) is -16.5. The van der Waals surface area contributed by atoms with Crippen LogP contribution in [0.1, 0.15) is 34.1 Å². The van der Waals surface area contributed by atoms with Crippen LogP contribution in [0, 0.1) is 0 Å². The van der Waals surface area contributed by atoms with Crippen LogP contribution >= 0.6 is 0 Å². The van der Waals surface area contributed by atoms with Gasteiger partial charge in [-0.15, -0.1) is 0 Å². The molecule has 0 spiro atoms. The minimum Gasteiger partial charge on any atom is -0.477 e. The van der Waals surface area contributed by atoms with Gasteiger partial charge in [0.1, 0.15) is 159 Å². The molecule has 0 aromatic rings. The molecule has 7 rings (SSSR count). The Morgan fingerprint density at radius 2 is 0.889 bits per heavy atom. The first kappa shape index (κ1) is 82.3. The van der Waals surface area contributed by atoms with Crippen LogP contribution in [0.3, 0.4) is 0 Å². The van der Waals surface area contributed by atoms with E-state index in [2.05, 4.69) is 21.3 Å². The molecule has 7 aliphatic rings. The summed E-state index contributed by atoms with van der Waals surface area (Å²) in [7, 11) is 0. The third kappa shape index (κ3) is 18.6. The molecule has 7 heterocycles. The SMILES string of the molecule is CC(=O)N[C@H]1[C@H](O[C@@H]2[C@H](O[C@]3(C(=O)O)C[C@H](O)[C@@H](NC(C)=O)[C@H]([C@H](O)[C@H](O)CO)O3)[C@@H](O)[C@H](O[C@H]3[C@H](O)[C@@H](O)[C@H](OC[C@@H](CO)NC=O)O[C@@H]3CO)O[C@@H]2CO)O[C@H](CO)[C@H](O)[C@@H]1O[C@@H]1O[C@H](CO)[C@H](O)[C@H](O[C@@H]2O[C@H](CO)[C@@H](O)[C@H](O[C@@H]3O[C@@H](C)[C@@H](O)[C@@H](O)[C@@H]3O)[C@H]2NC(C)=O)[C@H]1O. The van der Waals surface area contributed by atoms with Gasteiger partial charge < -0.3 is 195 Å². The first-order valence-corrected chi connectivity index (χ1v) is 31.3. The summed E-state index contributed by atoms with van der Waals surface area (Å²) < 4.78 is 82.6. The van der Waals surface area contributed by atoms with Crippen LogP contribution in [0.25, 0.3) is 0 Å². The van der Waals surface area contributed by atoms with Crippen molar-refractivity contribution in [2.45, 2.75) is 261 Å². The van der Waals surface area contributed by atoms with Crippen LogP contribution in [-0.2, 0) is 90.3 Å². The number of aliphatic hydroxyl groups excluding tert-OH is 20. The molecular weight excluding hydrogens is 1360 g/mol. The molecule has 0 bridgehead atoms. The third-order valence-corrected chi connectivity index (χ3v) is 17.6. The van der Waals surface area contributed by atoms with E-state index in [0.29, 0.717) is 0 Å². The Kier molecular flexibility index (Phi) is 30.0. The van der Waals surface area contributed by atoms with Gasteiger partial charge in [0.2, 0.25) is 24.1 Å². The van der Waals surface area contributed by atoms with E-state index in [1.54, 1.807) is 0 Å². The van der Waals surface area contributed by atoms with Crippen LogP contribution in [-0.4, -0.2) is 417 Å². The molecule has 572 valence electrons. The molecule has 0 unspecified atom stereocenters. The van der Waals surface area contributed by atoms with E-state index in [9.17, 15) is 131 Å². The Balaban J connectivity index is 1.26. The number of carboxylic acid groups (broad SMARTS) is 1. The van der Waals surface area contributed by atoms with Gasteiger partial charge in [0.15, 0.2) is 37.7 Å². The van der Waals surface area contributed by atoms with E-state index in [4.69, 9.17) is 66.3 Å². The molecule has 4 amide bonds. The number of aliphatic carboxylic acids is 1. The van der Waals surface area contributed by atoms with Gasteiger partial charge in [-0.3, -0.25) is 19.2 Å². The number of nitrogens with one attached hydrogen (secondary N) is 4. The number of hydrogen-bond donors (Lipinski definition) is 25. The number of carboxylic acids is 1. The number of hydrogen-bond acceptors (Lipinski definition) is 39. The molecule has 0 radical (unpaired) electrons. The van der Waals surface area contributed by atoms with Crippen LogP contribution in [0.15, 0.2) is 0 Å². The first-order chi connectivity index (χ1) is 46.8. The van der Waals surface area contributed by atoms with Crippen molar-refractivity contribution in [2.75, 3.05) is 52.9 Å². The number of rotatable bonds is 30. The number of carbonyl (C=O) groups is 5. The normalized spacial score (nSPS) is 45.3. The lowest BCUT2D eigenvalue weighted by Gasteiger charge is -2.53. The summed E-state index contributed by atoms with van der Waals surface area (Å²) in [5.41, 5.74) is 0. The van der Waals surface area contributed by atoms with Gasteiger partial charge in [0.25, 0.3) is 5.79 Å². The lowest BCUT2D eigenvalue weighted by atomic mass is 9.88. The highest BCUT2D eigenvalue weighted by Crippen LogP contribution is 2.42. The molecule has 7 aliphatic heterocycles. The summed E-state index contributed by atoms with van der Waals surface area (Å²) in [6, 6.07) is -6.79. The smallest absolute Gasteiger partial charge is 0.364 e. The lowest BCUT2D eigenvalue weighted by Crippen LogP contribution is -2.72. The van der Waals surface area contributed by atoms with Gasteiger partial charge in [0, 0.05) is 27.2 Å². The second-order valence-electron chi connectivity index (χ2n) is 24.7. The van der Waals surface area contributed by atoms with Crippen molar-refractivity contribution >= 4 is 30.1 Å². The van der Waals surface area contributed by atoms with Crippen molar-refractivity contribution in [1.29, 1.82) is 0 Å². The quantitative estimate of drug-likeness (QED) is 0.0297. The van der Waals surface area contributed by atoms with Crippen molar-refractivity contribution in [3.63, 3.8) is 0 Å². The van der Waals surface area contributed by atoms with Gasteiger partial charge in [-0.2, -0.15) is 0 Å². The maximum Gasteiger partial charge on any atom is 0.364 e. The summed E-state index contributed by atoms with van der Waals surface area (Å²) in [6.07, 6.45) is -68.2. The van der Waals surface area contributed by atoms with Crippen molar-refractivity contribution in [3.8, 4) is 0 Å². The second kappa shape index (κ2) is 36.1. The Hall–Kier alpha value is -4.01. The summed E-state index contributed by atoms with van der Waals surface area (Å²) >= 11 is 0. The largest absolute Gasteiger partial charge is 0.477 e. The summed E-state index contributed by atoms with van der Waals surface area (Å²) in [6.45, 7) is -4.23. The maximum atomic E-state index is 13.8. The number of amides is 4. The molecule has 37 atom stereocenters. The molecule has 7 fully saturated rings. The Morgan fingerprint density at radius 1 is 0.475 bits per heavy atom. The highest BCUT2D eigenvalue weighted by atomic mass is 16.8. The van der Waals surface area contributed by atoms with Crippen LogP contribution in [0.5, 0.6) is 0 Å². The monoisotopic (exact) mass is 1450 g/mol. The van der Waals surface area contributed by atoms with Gasteiger partial charge >= 0.3 is 5.97 Å². The van der Waals surface area contributed by atoms with Gasteiger partial charge in [-0.25, -0.2) is 4.79 Å². The third-order valence-electron chi connectivity index (χ3n) is 17.6. The molecule has 0 saturated carbocycles. The van der Waals surface area contributed by atoms with E-state index in [1.165, 1.54) is 6.92 Å². The average Bonchev–Trinajstić information content (AvgIpc) is 0.754. The molecular formula is C55H92N4O40. The second-order valence-corrected chi connectivity index (χ2v) is 24.7. The molecule has 0 aromatic carbocycles. The van der Waals surface area contributed by atoms with Gasteiger partial charge in [0.05, 0.1) is 77.1 Å². The number of aliphatic hydroxyl groups is 20. The standard InChI is InChI=1S/C55H92N4O40/c1-15-30(73)35(78)37(80)51(87-15)95-43-29(59-18(4)70)49(89-23(9-63)32(43)75)97-46-34(77)24(10-64)90-52(39(46)82)96-44-28(58-17(3)69)48(88-22(8-62)33(44)76)94-42-26(12-66)92-53(93-41-25(11-65)91-50(38(81)36(41)79)86-13-19(6-60)56-14-67)40(83)47(42)99-55(54(84)85)5-20(71)27(57-16(2)68)45(98-55)31(74)21(72)7-61/h14-15,19-53,60-66,71-83H,5-13H2,1-4H3,(H,56,67)(H,57,68)(H,58,69)(H,59,70)(H,84,85)/t15-,19+,20-,21+,22+,23+,24+,25+,26+,27+,28+,29+,30+,31+,32+,33-,34-,35+,36+,37-,38+,39+,40+,41+,42-,43+,44+,45+,46-,47+,48-,49-,50+,51-,52-,53-,55-/m0/s1. The van der Waals surface area contributed by atoms with E-state index >= 15 is 0 Å². The maximum absolute atomic E-state index is 13.8. The van der Waals surface area contributed by atoms with Crippen LogP contribution in [0.4, 0.5) is 0 Å².